The topological polar surface area (TPSA) is 88.0 Å². The fourth-order valence-corrected chi connectivity index (χ4v) is 4.67. The van der Waals surface area contributed by atoms with E-state index in [1.54, 1.807) is 37.4 Å². The van der Waals surface area contributed by atoms with Gasteiger partial charge in [0, 0.05) is 36.1 Å². The highest BCUT2D eigenvalue weighted by molar-refractivity contribution is 6.01. The van der Waals surface area contributed by atoms with Gasteiger partial charge >= 0.3 is 6.18 Å². The second-order valence-electron chi connectivity index (χ2n) is 9.86. The van der Waals surface area contributed by atoms with Gasteiger partial charge in [0.1, 0.15) is 6.17 Å². The van der Waals surface area contributed by atoms with Crippen molar-refractivity contribution in [1.82, 2.24) is 30.2 Å². The zero-order chi connectivity index (χ0) is 28.3. The van der Waals surface area contributed by atoms with E-state index in [-0.39, 0.29) is 35.1 Å². The van der Waals surface area contributed by atoms with E-state index in [1.807, 2.05) is 19.0 Å². The van der Waals surface area contributed by atoms with Gasteiger partial charge in [-0.1, -0.05) is 30.0 Å². The second kappa shape index (κ2) is 11.5. The number of fused-ring (bicyclic) bond motifs is 1. The van der Waals surface area contributed by atoms with E-state index in [9.17, 15) is 18.0 Å². The number of rotatable bonds is 8. The molecule has 8 nitrogen and oxygen atoms in total. The lowest BCUT2D eigenvalue weighted by Gasteiger charge is -2.36. The minimum absolute atomic E-state index is 0.0865. The molecule has 0 saturated heterocycles. The van der Waals surface area contributed by atoms with Crippen LogP contribution in [0.25, 0.3) is 22.4 Å². The number of aryl methyl sites for hydroxylation is 1. The van der Waals surface area contributed by atoms with E-state index in [0.29, 0.717) is 23.9 Å². The summed E-state index contributed by atoms with van der Waals surface area (Å²) in [6, 6.07) is 6.21. The molecule has 1 aromatic carbocycles. The van der Waals surface area contributed by atoms with Crippen LogP contribution in [-0.2, 0) is 7.05 Å². The molecule has 12 heteroatoms. The van der Waals surface area contributed by atoms with Gasteiger partial charge in [-0.3, -0.25) is 9.48 Å². The second-order valence-corrected chi connectivity index (χ2v) is 9.86. The number of carbonyl (C=O) groups excluding carboxylic acids is 1. The molecule has 1 aliphatic rings. The fourth-order valence-electron chi connectivity index (χ4n) is 4.67. The minimum atomic E-state index is -4.69. The first kappa shape index (κ1) is 28.2. The summed E-state index contributed by atoms with van der Waals surface area (Å²) < 4.78 is 57.5. The van der Waals surface area contributed by atoms with Gasteiger partial charge in [0.25, 0.3) is 5.91 Å². The average molecular weight is 546 g/mol. The van der Waals surface area contributed by atoms with Gasteiger partial charge in [0.05, 0.1) is 29.2 Å². The third kappa shape index (κ3) is 6.62. The number of aromatic nitrogens is 4. The largest absolute Gasteiger partial charge is 0.417 e. The lowest BCUT2D eigenvalue weighted by molar-refractivity contribution is -0.0688. The smallest absolute Gasteiger partial charge is 0.379 e. The lowest BCUT2D eigenvalue weighted by atomic mass is 9.88. The average Bonchev–Trinajstić information content (AvgIpc) is 3.32. The molecule has 3 atom stereocenters. The number of nitrogens with one attached hydrogen (secondary N) is 2. The van der Waals surface area contributed by atoms with Crippen LogP contribution in [-0.4, -0.2) is 75.9 Å². The first-order valence-electron chi connectivity index (χ1n) is 12.5. The van der Waals surface area contributed by atoms with E-state index in [1.165, 1.54) is 17.0 Å². The molecule has 2 N–H and O–H groups in total. The van der Waals surface area contributed by atoms with Gasteiger partial charge in [0.15, 0.2) is 5.69 Å². The van der Waals surface area contributed by atoms with E-state index in [0.717, 1.165) is 6.42 Å². The van der Waals surface area contributed by atoms with Crippen LogP contribution in [0.5, 0.6) is 0 Å². The number of benzene rings is 1. The van der Waals surface area contributed by atoms with Gasteiger partial charge < -0.3 is 15.5 Å². The Balaban J connectivity index is 1.62. The Kier molecular flexibility index (Phi) is 8.34. The molecule has 0 aliphatic heterocycles. The molecule has 1 saturated carbocycles. The lowest BCUT2D eigenvalue weighted by Crippen LogP contribution is -2.43. The molecule has 0 bridgehead atoms. The molecule has 0 radical (unpaired) electrons. The van der Waals surface area contributed by atoms with Gasteiger partial charge in [-0.2, -0.15) is 13.2 Å². The summed E-state index contributed by atoms with van der Waals surface area (Å²) in [5, 5.41) is 14.0. The van der Waals surface area contributed by atoms with Crippen molar-refractivity contribution in [3.63, 3.8) is 0 Å². The Morgan fingerprint density at radius 2 is 2.03 bits per heavy atom. The SMILES string of the molecule is C=C(c1nc(/C=C/CNC(=O)c2cn(C)nn2)cc2c(N[C@@H]3CC[C@@H](N(C)C)C[C@@H]3F)cccc12)C(F)(F)F. The molecule has 0 spiro atoms. The number of halogens is 4. The van der Waals surface area contributed by atoms with Crippen LogP contribution in [0.3, 0.4) is 0 Å². The maximum Gasteiger partial charge on any atom is 0.417 e. The minimum Gasteiger partial charge on any atom is -0.379 e. The number of nitrogens with zero attached hydrogens (tertiary/aromatic N) is 5. The number of alkyl halides is 4. The van der Waals surface area contributed by atoms with Crippen molar-refractivity contribution in [3.05, 3.63) is 60.2 Å². The van der Waals surface area contributed by atoms with Crippen molar-refractivity contribution in [1.29, 1.82) is 0 Å². The van der Waals surface area contributed by atoms with E-state index in [2.05, 4.69) is 32.5 Å². The van der Waals surface area contributed by atoms with Crippen molar-refractivity contribution in [2.24, 2.45) is 7.05 Å². The molecule has 39 heavy (non-hydrogen) atoms. The molecule has 2 heterocycles. The zero-order valence-electron chi connectivity index (χ0n) is 22.0. The highest BCUT2D eigenvalue weighted by Crippen LogP contribution is 2.38. The Labute approximate surface area is 223 Å². The molecule has 3 aromatic rings. The number of carbonyl (C=O) groups is 1. The molecule has 1 aliphatic carbocycles. The van der Waals surface area contributed by atoms with Gasteiger partial charge in [-0.05, 0) is 51.6 Å². The first-order chi connectivity index (χ1) is 18.4. The van der Waals surface area contributed by atoms with Crippen molar-refractivity contribution >= 4 is 34.0 Å². The molecular weight excluding hydrogens is 514 g/mol. The highest BCUT2D eigenvalue weighted by Gasteiger charge is 2.35. The third-order valence-corrected chi connectivity index (χ3v) is 6.84. The van der Waals surface area contributed by atoms with E-state index in [4.69, 9.17) is 0 Å². The molecule has 208 valence electrons. The predicted octanol–water partition coefficient (Wildman–Crippen LogP) is 4.61. The first-order valence-corrected chi connectivity index (χ1v) is 12.5. The molecule has 1 amide bonds. The monoisotopic (exact) mass is 545 g/mol. The van der Waals surface area contributed by atoms with Crippen molar-refractivity contribution in [2.45, 2.75) is 43.7 Å². The van der Waals surface area contributed by atoms with Gasteiger partial charge in [0.2, 0.25) is 0 Å². The summed E-state index contributed by atoms with van der Waals surface area (Å²) in [5.74, 6) is -0.443. The van der Waals surface area contributed by atoms with Crippen LogP contribution in [0.1, 0.15) is 41.1 Å². The maximum absolute atomic E-state index is 15.1. The van der Waals surface area contributed by atoms with Crippen LogP contribution in [0, 0.1) is 0 Å². The highest BCUT2D eigenvalue weighted by atomic mass is 19.4. The summed E-state index contributed by atoms with van der Waals surface area (Å²) in [6.07, 6.45) is 0.520. The number of allylic oxidation sites excluding steroid dienone is 1. The van der Waals surface area contributed by atoms with Gasteiger partial charge in [-0.15, -0.1) is 5.10 Å². The van der Waals surface area contributed by atoms with Gasteiger partial charge in [-0.25, -0.2) is 9.37 Å². The van der Waals surface area contributed by atoms with Crippen LogP contribution >= 0.6 is 0 Å². The molecule has 2 aromatic heterocycles. The standard InChI is InChI=1S/C27H31F4N7O/c1-16(27(29,30)31)25-19-8-5-9-22(34-23-11-10-18(37(2)3)14-21(23)28)20(19)13-17(33-25)7-6-12-32-26(39)24-15-38(4)36-35-24/h5-9,13,15,18,21,23,34H,1,10-12,14H2,2-4H3,(H,32,39)/b7-6+/t18-,21+,23-/m1/s1. The summed E-state index contributed by atoms with van der Waals surface area (Å²) in [5.41, 5.74) is -0.489. The van der Waals surface area contributed by atoms with Crippen LogP contribution in [0.4, 0.5) is 23.2 Å². The Morgan fingerprint density at radius 3 is 2.67 bits per heavy atom. The summed E-state index contributed by atoms with van der Waals surface area (Å²) in [6.45, 7) is 3.34. The van der Waals surface area contributed by atoms with Crippen molar-refractivity contribution in [3.8, 4) is 0 Å². The fraction of sp³-hybridized carbons (Fsp3) is 0.407. The quantitative estimate of drug-likeness (QED) is 0.402. The number of hydrogen-bond acceptors (Lipinski definition) is 6. The number of anilines is 1. The maximum atomic E-state index is 15.1. The molecule has 4 rings (SSSR count). The number of pyridine rings is 1. The van der Waals surface area contributed by atoms with Crippen LogP contribution in [0.2, 0.25) is 0 Å². The van der Waals surface area contributed by atoms with Crippen LogP contribution < -0.4 is 10.6 Å². The predicted molar refractivity (Wildman–Crippen MR) is 143 cm³/mol. The summed E-state index contributed by atoms with van der Waals surface area (Å²) >= 11 is 0. The Bertz CT molecular complexity index is 1380. The van der Waals surface area contributed by atoms with E-state index >= 15 is 4.39 Å². The normalized spacial score (nSPS) is 20.1. The third-order valence-electron chi connectivity index (χ3n) is 6.84. The van der Waals surface area contributed by atoms with Crippen molar-refractivity contribution in [2.75, 3.05) is 26.0 Å². The number of amides is 1. The Hall–Kier alpha value is -3.80. The number of hydrogen-bond donors (Lipinski definition) is 2. The summed E-state index contributed by atoms with van der Waals surface area (Å²) in [7, 11) is 5.48. The zero-order valence-corrected chi connectivity index (χ0v) is 22.0. The van der Waals surface area contributed by atoms with E-state index < -0.39 is 29.9 Å². The molecular formula is C27H31F4N7O. The molecule has 0 unspecified atom stereocenters. The Morgan fingerprint density at radius 1 is 1.26 bits per heavy atom. The van der Waals surface area contributed by atoms with Crippen LogP contribution in [0.15, 0.2) is 43.1 Å². The molecule has 1 fully saturated rings. The summed E-state index contributed by atoms with van der Waals surface area (Å²) in [4.78, 5) is 18.4. The van der Waals surface area contributed by atoms with Crippen molar-refractivity contribution < 1.29 is 22.4 Å².